The highest BCUT2D eigenvalue weighted by molar-refractivity contribution is 6.22. The zero-order chi connectivity index (χ0) is 43.0. The molecule has 0 aliphatic heterocycles. The van der Waals surface area contributed by atoms with Crippen LogP contribution in [0, 0.1) is 0 Å². The predicted octanol–water partition coefficient (Wildman–Crippen LogP) is 16.6. The first-order valence-corrected chi connectivity index (χ1v) is 22.2. The Morgan fingerprint density at radius 1 is 0.333 bits per heavy atom. The van der Waals surface area contributed by atoms with Gasteiger partial charge in [0.1, 0.15) is 27.9 Å². The van der Waals surface area contributed by atoms with Crippen LogP contribution in [0.5, 0.6) is 0 Å². The summed E-state index contributed by atoms with van der Waals surface area (Å²) >= 11 is 0. The van der Waals surface area contributed by atoms with Crippen molar-refractivity contribution < 1.29 is 13.3 Å². The topological polar surface area (TPSA) is 70.1 Å². The number of para-hydroxylation sites is 3. The van der Waals surface area contributed by atoms with Gasteiger partial charge in [-0.05, 0) is 99.4 Å². The molecule has 6 nitrogen and oxygen atoms in total. The number of benzene rings is 10. The number of furan rings is 3. The molecule has 0 atom stereocenters. The number of hydrogen-bond acceptors (Lipinski definition) is 5. The summed E-state index contributed by atoms with van der Waals surface area (Å²) in [6, 6.07) is 70.3. The van der Waals surface area contributed by atoms with Crippen LogP contribution in [0.2, 0.25) is 0 Å². The van der Waals surface area contributed by atoms with E-state index >= 15 is 0 Å². The normalized spacial score (nSPS) is 12.2. The molecular weight excluding hydrogens is 811 g/mol. The van der Waals surface area contributed by atoms with Crippen molar-refractivity contribution >= 4 is 109 Å². The van der Waals surface area contributed by atoms with Gasteiger partial charge in [0.15, 0.2) is 5.82 Å². The Bertz CT molecular complexity index is 4530. The van der Waals surface area contributed by atoms with E-state index in [4.69, 9.17) is 23.2 Å². The molecule has 5 heterocycles. The lowest BCUT2D eigenvalue weighted by Gasteiger charge is -2.16. The maximum Gasteiger partial charge on any atom is 0.231 e. The van der Waals surface area contributed by atoms with Crippen LogP contribution >= 0.6 is 0 Å². The van der Waals surface area contributed by atoms with Crippen molar-refractivity contribution in [1.82, 2.24) is 14.5 Å². The third kappa shape index (κ3) is 5.01. The van der Waals surface area contributed by atoms with Crippen LogP contribution < -0.4 is 0 Å². The van der Waals surface area contributed by atoms with Crippen LogP contribution in [-0.2, 0) is 0 Å². The van der Waals surface area contributed by atoms with Crippen LogP contribution in [0.15, 0.2) is 213 Å². The molecular formula is C60H33N3O3. The lowest BCUT2D eigenvalue weighted by Crippen LogP contribution is -2.01. The molecule has 0 fully saturated rings. The van der Waals surface area contributed by atoms with Crippen molar-refractivity contribution in [2.75, 3.05) is 0 Å². The monoisotopic (exact) mass is 843 g/mol. The lowest BCUT2D eigenvalue weighted by atomic mass is 9.97. The first kappa shape index (κ1) is 35.5. The molecule has 0 N–H and O–H groups in total. The van der Waals surface area contributed by atoms with Crippen LogP contribution in [0.3, 0.4) is 0 Å². The third-order valence-electron chi connectivity index (χ3n) is 13.6. The van der Waals surface area contributed by atoms with Gasteiger partial charge in [-0.2, -0.15) is 4.98 Å². The van der Waals surface area contributed by atoms with E-state index in [1.54, 1.807) is 0 Å². The maximum atomic E-state index is 6.93. The number of nitrogens with zero attached hydrogens (tertiary/aromatic N) is 3. The molecule has 66 heavy (non-hydrogen) atoms. The molecule has 0 unspecified atom stereocenters. The summed E-state index contributed by atoms with van der Waals surface area (Å²) in [4.78, 5) is 11.2. The molecule has 0 bridgehead atoms. The average molecular weight is 844 g/mol. The molecule has 306 valence electrons. The van der Waals surface area contributed by atoms with E-state index in [-0.39, 0.29) is 0 Å². The summed E-state index contributed by atoms with van der Waals surface area (Å²) in [6.45, 7) is 0. The average Bonchev–Trinajstić information content (AvgIpc) is 4.14. The molecule has 0 radical (unpaired) electrons. The van der Waals surface area contributed by atoms with E-state index in [1.807, 2.05) is 42.5 Å². The van der Waals surface area contributed by atoms with Gasteiger partial charge in [0.25, 0.3) is 0 Å². The second-order valence-corrected chi connectivity index (χ2v) is 17.2. The molecule has 15 rings (SSSR count). The van der Waals surface area contributed by atoms with Gasteiger partial charge < -0.3 is 17.8 Å². The summed E-state index contributed by atoms with van der Waals surface area (Å²) in [5.41, 5.74) is 12.4. The predicted molar refractivity (Wildman–Crippen MR) is 270 cm³/mol. The maximum absolute atomic E-state index is 6.93. The second-order valence-electron chi connectivity index (χ2n) is 17.2. The molecule has 0 aliphatic carbocycles. The van der Waals surface area contributed by atoms with Crippen molar-refractivity contribution in [1.29, 1.82) is 0 Å². The zero-order valence-electron chi connectivity index (χ0n) is 35.1. The zero-order valence-corrected chi connectivity index (χ0v) is 35.1. The highest BCUT2D eigenvalue weighted by atomic mass is 16.3. The number of aromatic nitrogens is 3. The first-order chi connectivity index (χ1) is 32.7. The van der Waals surface area contributed by atoms with Gasteiger partial charge in [-0.25, -0.2) is 4.98 Å². The fraction of sp³-hybridized carbons (Fsp3) is 0. The Morgan fingerprint density at radius 3 is 1.85 bits per heavy atom. The van der Waals surface area contributed by atoms with Gasteiger partial charge in [0, 0.05) is 48.8 Å². The van der Waals surface area contributed by atoms with Gasteiger partial charge in [0.2, 0.25) is 5.71 Å². The minimum Gasteiger partial charge on any atom is -0.456 e. The van der Waals surface area contributed by atoms with Crippen molar-refractivity contribution in [3.05, 3.63) is 200 Å². The number of hydrogen-bond donors (Lipinski definition) is 0. The van der Waals surface area contributed by atoms with Crippen LogP contribution in [0.4, 0.5) is 0 Å². The molecule has 0 saturated heterocycles. The minimum absolute atomic E-state index is 0.510. The quantitative estimate of drug-likeness (QED) is 0.176. The summed E-state index contributed by atoms with van der Waals surface area (Å²) in [5.74, 6) is 0.547. The Morgan fingerprint density at radius 2 is 1.02 bits per heavy atom. The third-order valence-corrected chi connectivity index (χ3v) is 13.6. The van der Waals surface area contributed by atoms with E-state index in [2.05, 4.69) is 162 Å². The van der Waals surface area contributed by atoms with Crippen molar-refractivity contribution in [2.24, 2.45) is 0 Å². The second kappa shape index (κ2) is 13.3. The highest BCUT2D eigenvalue weighted by Gasteiger charge is 2.26. The molecule has 0 saturated carbocycles. The van der Waals surface area contributed by atoms with E-state index < -0.39 is 0 Å². The van der Waals surface area contributed by atoms with Crippen molar-refractivity contribution in [3.8, 4) is 39.5 Å². The summed E-state index contributed by atoms with van der Waals surface area (Å²) in [5, 5.41) is 12.8. The highest BCUT2D eigenvalue weighted by Crippen LogP contribution is 2.46. The smallest absolute Gasteiger partial charge is 0.231 e. The molecule has 0 aliphatic rings. The number of fused-ring (bicyclic) bond motifs is 15. The first-order valence-electron chi connectivity index (χ1n) is 22.2. The van der Waals surface area contributed by atoms with E-state index in [1.165, 1.54) is 16.2 Å². The van der Waals surface area contributed by atoms with Gasteiger partial charge in [-0.3, -0.25) is 0 Å². The van der Waals surface area contributed by atoms with E-state index in [0.717, 1.165) is 121 Å². The van der Waals surface area contributed by atoms with Gasteiger partial charge in [-0.1, -0.05) is 133 Å². The Labute approximate surface area is 375 Å². The lowest BCUT2D eigenvalue weighted by molar-refractivity contribution is 0.653. The summed E-state index contributed by atoms with van der Waals surface area (Å²) < 4.78 is 22.3. The molecule has 5 aromatic heterocycles. The van der Waals surface area contributed by atoms with E-state index in [0.29, 0.717) is 11.5 Å². The molecule has 0 amide bonds. The van der Waals surface area contributed by atoms with E-state index in [9.17, 15) is 0 Å². The van der Waals surface area contributed by atoms with Crippen LogP contribution in [0.1, 0.15) is 0 Å². The standard InChI is InChI=1S/C60H33N3O3/c1-2-13-34(14-3-1)37-25-27-42-54(32-37)66-60-57(42)58(43-20-12-24-52-55(43)40-18-7-10-22-50(40)64-52)61-59(62-60)46-30-38-26-28-53-56(41-19-8-11-23-51(41)65-53)44(38)33-49(46)63-47-21-9-6-17-39(47)45-29-35-15-4-5-16-36(35)31-48(45)63/h1-33H. The van der Waals surface area contributed by atoms with Crippen molar-refractivity contribution in [2.45, 2.75) is 0 Å². The summed E-state index contributed by atoms with van der Waals surface area (Å²) in [6.07, 6.45) is 0. The molecule has 15 aromatic rings. The fourth-order valence-corrected chi connectivity index (χ4v) is 10.6. The van der Waals surface area contributed by atoms with Crippen LogP contribution in [0.25, 0.3) is 149 Å². The Hall–Kier alpha value is -9.00. The van der Waals surface area contributed by atoms with Crippen molar-refractivity contribution in [3.63, 3.8) is 0 Å². The Kier molecular flexibility index (Phi) is 7.13. The molecule has 0 spiro atoms. The minimum atomic E-state index is 0.510. The largest absolute Gasteiger partial charge is 0.456 e. The number of rotatable bonds is 4. The Balaban J connectivity index is 1.10. The van der Waals surface area contributed by atoms with Gasteiger partial charge in [-0.15, -0.1) is 0 Å². The fourth-order valence-electron chi connectivity index (χ4n) is 10.6. The molecule has 10 aromatic carbocycles. The summed E-state index contributed by atoms with van der Waals surface area (Å²) in [7, 11) is 0. The molecule has 6 heteroatoms. The van der Waals surface area contributed by atoms with Crippen LogP contribution in [-0.4, -0.2) is 14.5 Å². The van der Waals surface area contributed by atoms with Gasteiger partial charge in [0.05, 0.1) is 27.8 Å². The van der Waals surface area contributed by atoms with Gasteiger partial charge >= 0.3 is 0 Å². The SMILES string of the molecule is c1ccc(-c2ccc3c(c2)oc2nc(-c4cc5ccc6oc7ccccc7c6c5cc4-n4c5ccccc5c5cc6ccccc6cc54)nc(-c4cccc5oc6ccccc6c45)c23)cc1.